The molecule has 0 fully saturated rings. The van der Waals surface area contributed by atoms with Gasteiger partial charge in [0.2, 0.25) is 5.91 Å². The zero-order valence-electron chi connectivity index (χ0n) is 52.2. The number of hydrogen-bond acceptors (Lipinski definition) is 5. The van der Waals surface area contributed by atoms with E-state index in [-0.39, 0.29) is 18.5 Å². The van der Waals surface area contributed by atoms with Crippen LogP contribution in [0.25, 0.3) is 0 Å². The molecule has 77 heavy (non-hydrogen) atoms. The molecule has 0 spiro atoms. The van der Waals surface area contributed by atoms with Gasteiger partial charge in [0.05, 0.1) is 25.4 Å². The third kappa shape index (κ3) is 63.4. The van der Waals surface area contributed by atoms with Gasteiger partial charge < -0.3 is 20.3 Å². The molecule has 1 amide bonds. The molecular weight excluding hydrogens is 947 g/mol. The maximum Gasteiger partial charge on any atom is 0.305 e. The highest BCUT2D eigenvalue weighted by Gasteiger charge is 2.20. The Morgan fingerprint density at radius 1 is 0.364 bits per heavy atom. The van der Waals surface area contributed by atoms with Crippen molar-refractivity contribution in [3.63, 3.8) is 0 Å². The molecule has 0 aromatic heterocycles. The van der Waals surface area contributed by atoms with Crippen LogP contribution in [0.3, 0.4) is 0 Å². The van der Waals surface area contributed by atoms with E-state index in [0.29, 0.717) is 25.9 Å². The van der Waals surface area contributed by atoms with Gasteiger partial charge in [0.25, 0.3) is 0 Å². The summed E-state index contributed by atoms with van der Waals surface area (Å²) in [5.74, 6) is -0.0238. The molecule has 456 valence electrons. The predicted molar refractivity (Wildman–Crippen MR) is 338 cm³/mol. The molecule has 0 aliphatic carbocycles. The van der Waals surface area contributed by atoms with Crippen molar-refractivity contribution in [2.24, 2.45) is 0 Å². The van der Waals surface area contributed by atoms with Crippen LogP contribution in [0, 0.1) is 0 Å². The number of carbonyl (C=O) groups is 2. The van der Waals surface area contributed by atoms with E-state index in [9.17, 15) is 19.8 Å². The summed E-state index contributed by atoms with van der Waals surface area (Å²) in [6, 6.07) is -0.547. The lowest BCUT2D eigenvalue weighted by molar-refractivity contribution is -0.143. The minimum absolute atomic E-state index is 0.0138. The summed E-state index contributed by atoms with van der Waals surface area (Å²) in [5, 5.41) is 23.4. The number of ether oxygens (including phenoxy) is 1. The largest absolute Gasteiger partial charge is 0.466 e. The summed E-state index contributed by atoms with van der Waals surface area (Å²) < 4.78 is 5.50. The number of hydrogen-bond donors (Lipinski definition) is 3. The number of rotatable bonds is 66. The number of nitrogens with one attached hydrogen (secondary N) is 1. The highest BCUT2D eigenvalue weighted by Crippen LogP contribution is 2.19. The first-order chi connectivity index (χ1) is 38.0. The molecule has 0 aromatic carbocycles. The fraction of sp³-hybridized carbons (Fsp3) is 0.915. The normalized spacial score (nSPS) is 12.6. The molecule has 0 saturated carbocycles. The van der Waals surface area contributed by atoms with Crippen LogP contribution < -0.4 is 5.32 Å². The standard InChI is InChI=1S/C71H137NO5/c1-3-5-7-9-11-13-15-17-19-21-32-35-39-43-47-51-55-59-63-69(74)68(67-73)72-70(75)64-60-56-52-48-44-40-36-33-29-27-25-23-22-24-26-28-30-34-38-42-46-50-54-58-62-66-77-71(76)65-61-57-53-49-45-41-37-31-20-18-16-14-12-10-8-6-4-2/h23-26,68-69,73-74H,3-22,27-67H2,1-2H3,(H,72,75)/b25-23-,26-24-. The lowest BCUT2D eigenvalue weighted by Gasteiger charge is -2.22. The molecule has 6 heteroatoms. The molecule has 2 atom stereocenters. The summed E-state index contributed by atoms with van der Waals surface area (Å²) in [5.41, 5.74) is 0. The van der Waals surface area contributed by atoms with Crippen LogP contribution in [0.5, 0.6) is 0 Å². The van der Waals surface area contributed by atoms with Crippen molar-refractivity contribution in [3.05, 3.63) is 24.3 Å². The van der Waals surface area contributed by atoms with Gasteiger partial charge in [-0.05, 0) is 57.8 Å². The van der Waals surface area contributed by atoms with Crippen molar-refractivity contribution >= 4 is 11.9 Å². The molecule has 2 unspecified atom stereocenters. The molecule has 0 rings (SSSR count). The molecule has 0 bridgehead atoms. The second-order valence-corrected chi connectivity index (χ2v) is 24.2. The molecule has 0 heterocycles. The first-order valence-electron chi connectivity index (χ1n) is 35.1. The predicted octanol–water partition coefficient (Wildman–Crippen LogP) is 22.5. The van der Waals surface area contributed by atoms with Crippen LogP contribution >= 0.6 is 0 Å². The number of allylic oxidation sites excluding steroid dienone is 4. The number of aliphatic hydroxyl groups excluding tert-OH is 2. The quantitative estimate of drug-likeness (QED) is 0.0320. The van der Waals surface area contributed by atoms with Gasteiger partial charge in [-0.1, -0.05) is 346 Å². The monoisotopic (exact) mass is 1080 g/mol. The first kappa shape index (κ1) is 75.3. The van der Waals surface area contributed by atoms with E-state index in [1.54, 1.807) is 0 Å². The van der Waals surface area contributed by atoms with Crippen LogP contribution in [-0.4, -0.2) is 47.4 Å². The van der Waals surface area contributed by atoms with Gasteiger partial charge in [-0.2, -0.15) is 0 Å². The van der Waals surface area contributed by atoms with Crippen LogP contribution in [0.1, 0.15) is 393 Å². The zero-order chi connectivity index (χ0) is 55.7. The Morgan fingerprint density at radius 2 is 0.649 bits per heavy atom. The van der Waals surface area contributed by atoms with Gasteiger partial charge in [0.1, 0.15) is 0 Å². The summed E-state index contributed by atoms with van der Waals surface area (Å²) in [4.78, 5) is 24.6. The minimum atomic E-state index is -0.669. The van der Waals surface area contributed by atoms with E-state index in [1.165, 1.54) is 315 Å². The Labute approximate surface area is 481 Å². The third-order valence-electron chi connectivity index (χ3n) is 16.5. The van der Waals surface area contributed by atoms with Crippen molar-refractivity contribution in [3.8, 4) is 0 Å². The van der Waals surface area contributed by atoms with Gasteiger partial charge in [0.15, 0.2) is 0 Å². The molecule has 3 N–H and O–H groups in total. The SMILES string of the molecule is CCCCCCCCCCCCCCCCCCCCC(O)C(CO)NC(=O)CCCCCCCCCCC/C=C\C/C=C\CCCCCCCCCCCOC(=O)CCCCCCCCCCCCCCCCCCC. The summed E-state index contributed by atoms with van der Waals surface area (Å²) in [6.45, 7) is 4.99. The lowest BCUT2D eigenvalue weighted by atomic mass is 10.0. The van der Waals surface area contributed by atoms with Crippen molar-refractivity contribution in [1.29, 1.82) is 0 Å². The molecule has 6 nitrogen and oxygen atoms in total. The van der Waals surface area contributed by atoms with Crippen LogP contribution in [0.15, 0.2) is 24.3 Å². The smallest absolute Gasteiger partial charge is 0.305 e. The van der Waals surface area contributed by atoms with Crippen LogP contribution in [0.4, 0.5) is 0 Å². The molecule has 0 radical (unpaired) electrons. The maximum atomic E-state index is 12.5. The molecule has 0 aliphatic rings. The fourth-order valence-corrected chi connectivity index (χ4v) is 11.1. The molecule has 0 saturated heterocycles. The summed E-state index contributed by atoms with van der Waals surface area (Å²) in [7, 11) is 0. The number of unbranched alkanes of at least 4 members (excludes halogenated alkanes) is 51. The average Bonchev–Trinajstić information content (AvgIpc) is 3.43. The van der Waals surface area contributed by atoms with Crippen molar-refractivity contribution in [2.45, 2.75) is 405 Å². The Morgan fingerprint density at radius 3 is 0.987 bits per heavy atom. The van der Waals surface area contributed by atoms with Gasteiger partial charge in [-0.15, -0.1) is 0 Å². The zero-order valence-corrected chi connectivity index (χ0v) is 52.2. The second-order valence-electron chi connectivity index (χ2n) is 24.2. The number of esters is 1. The lowest BCUT2D eigenvalue weighted by Crippen LogP contribution is -2.45. The van der Waals surface area contributed by atoms with Gasteiger partial charge in [-0.3, -0.25) is 9.59 Å². The second kappa shape index (κ2) is 66.8. The fourth-order valence-electron chi connectivity index (χ4n) is 11.1. The van der Waals surface area contributed by atoms with Crippen molar-refractivity contribution in [1.82, 2.24) is 5.32 Å². The maximum absolute atomic E-state index is 12.5. The van der Waals surface area contributed by atoms with E-state index >= 15 is 0 Å². The van der Waals surface area contributed by atoms with Gasteiger partial charge >= 0.3 is 5.97 Å². The van der Waals surface area contributed by atoms with Crippen LogP contribution in [0.2, 0.25) is 0 Å². The Kier molecular flexibility index (Phi) is 65.4. The van der Waals surface area contributed by atoms with Crippen LogP contribution in [-0.2, 0) is 14.3 Å². The summed E-state index contributed by atoms with van der Waals surface area (Å²) >= 11 is 0. The van der Waals surface area contributed by atoms with Gasteiger partial charge in [0, 0.05) is 12.8 Å². The number of amides is 1. The van der Waals surface area contributed by atoms with Gasteiger partial charge in [-0.25, -0.2) is 0 Å². The Bertz CT molecular complexity index is 1200. The number of carbonyl (C=O) groups excluding carboxylic acids is 2. The molecule has 0 aromatic rings. The van der Waals surface area contributed by atoms with E-state index in [4.69, 9.17) is 4.74 Å². The molecular formula is C71H137NO5. The van der Waals surface area contributed by atoms with E-state index in [0.717, 1.165) is 44.9 Å². The first-order valence-corrected chi connectivity index (χ1v) is 35.1. The third-order valence-corrected chi connectivity index (χ3v) is 16.5. The van der Waals surface area contributed by atoms with E-state index in [2.05, 4.69) is 43.5 Å². The Hall–Kier alpha value is -1.66. The average molecular weight is 1080 g/mol. The highest BCUT2D eigenvalue weighted by atomic mass is 16.5. The Balaban J connectivity index is 3.41. The summed E-state index contributed by atoms with van der Waals surface area (Å²) in [6.07, 6.45) is 83.6. The molecule has 0 aliphatic heterocycles. The minimum Gasteiger partial charge on any atom is -0.466 e. The van der Waals surface area contributed by atoms with Crippen molar-refractivity contribution < 1.29 is 24.5 Å². The number of aliphatic hydroxyl groups is 2. The van der Waals surface area contributed by atoms with Crippen molar-refractivity contribution in [2.75, 3.05) is 13.2 Å². The van der Waals surface area contributed by atoms with E-state index < -0.39 is 12.1 Å². The highest BCUT2D eigenvalue weighted by molar-refractivity contribution is 5.76. The topological polar surface area (TPSA) is 95.9 Å². The van der Waals surface area contributed by atoms with E-state index in [1.807, 2.05) is 0 Å².